The van der Waals surface area contributed by atoms with Crippen molar-refractivity contribution in [3.05, 3.63) is 41.6 Å². The van der Waals surface area contributed by atoms with E-state index in [1.54, 1.807) is 4.68 Å². The van der Waals surface area contributed by atoms with Gasteiger partial charge in [0.05, 0.1) is 22.9 Å². The van der Waals surface area contributed by atoms with Crippen LogP contribution in [0.15, 0.2) is 30.3 Å². The minimum Gasteiger partial charge on any atom is -0.351 e. The van der Waals surface area contributed by atoms with Gasteiger partial charge in [-0.3, -0.25) is 9.53 Å². The first-order chi connectivity index (χ1) is 9.15. The summed E-state index contributed by atoms with van der Waals surface area (Å²) in [5.41, 5.74) is 7.58. The van der Waals surface area contributed by atoms with Crippen LogP contribution in [0.4, 0.5) is 10.6 Å². The van der Waals surface area contributed by atoms with Gasteiger partial charge in [-0.15, -0.1) is 0 Å². The first kappa shape index (κ1) is 11.9. The molecule has 0 saturated carbocycles. The van der Waals surface area contributed by atoms with Crippen LogP contribution < -0.4 is 11.1 Å². The number of nitrogens with two attached hydrogens (primary N) is 1. The van der Waals surface area contributed by atoms with E-state index in [2.05, 4.69) is 10.4 Å². The SMILES string of the molecule is NC(=O)Nc1c2c(nn1-c1ccccc1)CS(=O)C2. The van der Waals surface area contributed by atoms with Crippen LogP contribution in [-0.4, -0.2) is 20.0 Å². The van der Waals surface area contributed by atoms with Crippen molar-refractivity contribution in [1.82, 2.24) is 9.78 Å². The normalized spacial score (nSPS) is 17.2. The standard InChI is InChI=1S/C12H12N4O2S/c13-12(17)14-11-9-6-19(18)7-10(9)15-16(11)8-4-2-1-3-5-8/h1-5H,6-7H2,(H3,13,14,17). The summed E-state index contributed by atoms with van der Waals surface area (Å²) in [6.07, 6.45) is 0. The van der Waals surface area contributed by atoms with E-state index in [1.165, 1.54) is 0 Å². The average molecular weight is 276 g/mol. The Morgan fingerprint density at radius 1 is 1.32 bits per heavy atom. The van der Waals surface area contributed by atoms with Crippen LogP contribution in [0.1, 0.15) is 11.3 Å². The van der Waals surface area contributed by atoms with Crippen molar-refractivity contribution in [1.29, 1.82) is 0 Å². The lowest BCUT2D eigenvalue weighted by atomic mass is 10.2. The molecule has 3 N–H and O–H groups in total. The lowest BCUT2D eigenvalue weighted by Gasteiger charge is -2.09. The van der Waals surface area contributed by atoms with E-state index < -0.39 is 16.8 Å². The quantitative estimate of drug-likeness (QED) is 0.861. The molecule has 0 bridgehead atoms. The van der Waals surface area contributed by atoms with Crippen LogP contribution in [0.3, 0.4) is 0 Å². The minimum absolute atomic E-state index is 0.401. The highest BCUT2D eigenvalue weighted by molar-refractivity contribution is 7.83. The summed E-state index contributed by atoms with van der Waals surface area (Å²) in [7, 11) is -0.946. The number of para-hydroxylation sites is 1. The highest BCUT2D eigenvalue weighted by atomic mass is 32.2. The van der Waals surface area contributed by atoms with Crippen molar-refractivity contribution >= 4 is 22.6 Å². The van der Waals surface area contributed by atoms with Crippen molar-refractivity contribution in [3.63, 3.8) is 0 Å². The van der Waals surface area contributed by atoms with Crippen molar-refractivity contribution in [2.45, 2.75) is 11.5 Å². The van der Waals surface area contributed by atoms with E-state index in [1.807, 2.05) is 30.3 Å². The molecule has 1 atom stereocenters. The Labute approximate surface area is 112 Å². The molecule has 1 unspecified atom stereocenters. The zero-order valence-corrected chi connectivity index (χ0v) is 10.8. The Hall–Kier alpha value is -2.15. The van der Waals surface area contributed by atoms with E-state index in [0.717, 1.165) is 16.9 Å². The van der Waals surface area contributed by atoms with Crippen LogP contribution in [0, 0.1) is 0 Å². The number of carbonyl (C=O) groups excluding carboxylic acids is 1. The summed E-state index contributed by atoms with van der Waals surface area (Å²) in [5, 5.41) is 7.00. The van der Waals surface area contributed by atoms with Crippen molar-refractivity contribution in [2.75, 3.05) is 5.32 Å². The number of aromatic nitrogens is 2. The third-order valence-electron chi connectivity index (χ3n) is 2.91. The number of fused-ring (bicyclic) bond motifs is 1. The van der Waals surface area contributed by atoms with Gasteiger partial charge >= 0.3 is 6.03 Å². The van der Waals surface area contributed by atoms with Gasteiger partial charge in [0.1, 0.15) is 5.82 Å². The first-order valence-corrected chi connectivity index (χ1v) is 7.21. The zero-order chi connectivity index (χ0) is 13.4. The second-order valence-corrected chi connectivity index (χ2v) is 5.70. The zero-order valence-electron chi connectivity index (χ0n) is 10.00. The maximum absolute atomic E-state index is 11.6. The molecule has 0 radical (unpaired) electrons. The molecular weight excluding hydrogens is 264 g/mol. The third kappa shape index (κ3) is 2.12. The number of primary amides is 1. The number of anilines is 1. The molecule has 98 valence electrons. The molecule has 0 spiro atoms. The van der Waals surface area contributed by atoms with Crippen LogP contribution in [0.25, 0.3) is 5.69 Å². The molecule has 1 aliphatic rings. The number of urea groups is 1. The number of rotatable bonds is 2. The molecule has 0 fully saturated rings. The van der Waals surface area contributed by atoms with E-state index in [-0.39, 0.29) is 0 Å². The number of hydrogen-bond donors (Lipinski definition) is 2. The van der Waals surface area contributed by atoms with Crippen molar-refractivity contribution in [2.24, 2.45) is 5.73 Å². The average Bonchev–Trinajstić information content (AvgIpc) is 2.88. The van der Waals surface area contributed by atoms with Crippen LogP contribution in [0.2, 0.25) is 0 Å². The van der Waals surface area contributed by atoms with Gasteiger partial charge < -0.3 is 5.73 Å². The second kappa shape index (κ2) is 4.51. The molecule has 6 nitrogen and oxygen atoms in total. The van der Waals surface area contributed by atoms with Crippen LogP contribution in [0.5, 0.6) is 0 Å². The molecule has 1 aromatic carbocycles. The lowest BCUT2D eigenvalue weighted by Crippen LogP contribution is -2.22. The summed E-state index contributed by atoms with van der Waals surface area (Å²) >= 11 is 0. The smallest absolute Gasteiger partial charge is 0.317 e. The van der Waals surface area contributed by atoms with E-state index >= 15 is 0 Å². The lowest BCUT2D eigenvalue weighted by molar-refractivity contribution is 0.259. The molecule has 2 aromatic rings. The maximum atomic E-state index is 11.6. The van der Waals surface area contributed by atoms with Gasteiger partial charge in [-0.2, -0.15) is 5.10 Å². The number of nitrogens with one attached hydrogen (secondary N) is 1. The predicted octanol–water partition coefficient (Wildman–Crippen LogP) is 1.13. The molecule has 0 aliphatic carbocycles. The van der Waals surface area contributed by atoms with Gasteiger partial charge in [-0.25, -0.2) is 9.48 Å². The van der Waals surface area contributed by atoms with Gasteiger partial charge in [0, 0.05) is 16.4 Å². The predicted molar refractivity (Wildman–Crippen MR) is 72.3 cm³/mol. The third-order valence-corrected chi connectivity index (χ3v) is 4.12. The molecule has 2 heterocycles. The Morgan fingerprint density at radius 3 is 2.74 bits per heavy atom. The molecule has 2 amide bonds. The highest BCUT2D eigenvalue weighted by Gasteiger charge is 2.27. The number of amides is 2. The largest absolute Gasteiger partial charge is 0.351 e. The van der Waals surface area contributed by atoms with E-state index in [0.29, 0.717) is 17.3 Å². The Bertz CT molecular complexity index is 666. The number of benzene rings is 1. The number of carbonyl (C=O) groups is 1. The maximum Gasteiger partial charge on any atom is 0.317 e. The Balaban J connectivity index is 2.13. The molecule has 1 aromatic heterocycles. The molecule has 3 rings (SSSR count). The first-order valence-electron chi connectivity index (χ1n) is 5.73. The van der Waals surface area contributed by atoms with Crippen molar-refractivity contribution in [3.8, 4) is 5.69 Å². The van der Waals surface area contributed by atoms with E-state index in [4.69, 9.17) is 5.73 Å². The topological polar surface area (TPSA) is 90.0 Å². The monoisotopic (exact) mass is 276 g/mol. The molecule has 7 heteroatoms. The number of hydrogen-bond acceptors (Lipinski definition) is 3. The fourth-order valence-corrected chi connectivity index (χ4v) is 3.39. The fourth-order valence-electron chi connectivity index (χ4n) is 2.13. The van der Waals surface area contributed by atoms with Gasteiger partial charge in [-0.1, -0.05) is 18.2 Å². The van der Waals surface area contributed by atoms with E-state index in [9.17, 15) is 9.00 Å². The summed E-state index contributed by atoms with van der Waals surface area (Å²) in [6.45, 7) is 0. The minimum atomic E-state index is -0.946. The van der Waals surface area contributed by atoms with Gasteiger partial charge in [0.2, 0.25) is 0 Å². The number of nitrogens with zero attached hydrogens (tertiary/aromatic N) is 2. The van der Waals surface area contributed by atoms with Crippen LogP contribution in [-0.2, 0) is 22.3 Å². The summed E-state index contributed by atoms with van der Waals surface area (Å²) in [5.74, 6) is 1.33. The van der Waals surface area contributed by atoms with Gasteiger partial charge in [0.25, 0.3) is 0 Å². The van der Waals surface area contributed by atoms with Gasteiger partial charge in [0.15, 0.2) is 0 Å². The Morgan fingerprint density at radius 2 is 2.05 bits per heavy atom. The van der Waals surface area contributed by atoms with Crippen LogP contribution >= 0.6 is 0 Å². The fraction of sp³-hybridized carbons (Fsp3) is 0.167. The summed E-state index contributed by atoms with van der Waals surface area (Å²) in [4.78, 5) is 11.1. The molecular formula is C12H12N4O2S. The molecule has 1 aliphatic heterocycles. The molecule has 0 saturated heterocycles. The van der Waals surface area contributed by atoms with Gasteiger partial charge in [-0.05, 0) is 12.1 Å². The second-order valence-electron chi connectivity index (χ2n) is 4.24. The highest BCUT2D eigenvalue weighted by Crippen LogP contribution is 2.30. The Kier molecular flexibility index (Phi) is 2.83. The summed E-state index contributed by atoms with van der Waals surface area (Å²) in [6, 6.07) is 8.77. The molecule has 19 heavy (non-hydrogen) atoms. The summed E-state index contributed by atoms with van der Waals surface area (Å²) < 4.78 is 13.2. The van der Waals surface area contributed by atoms with Crippen molar-refractivity contribution < 1.29 is 9.00 Å².